The molecular formula is C22H18N8O2S. The van der Waals surface area contributed by atoms with Gasteiger partial charge in [-0.1, -0.05) is 30.3 Å². The fourth-order valence-electron chi connectivity index (χ4n) is 3.40. The number of hydrogen-bond donors (Lipinski definition) is 2. The van der Waals surface area contributed by atoms with Crippen LogP contribution < -0.4 is 10.5 Å². The van der Waals surface area contributed by atoms with Gasteiger partial charge in [0, 0.05) is 42.1 Å². The van der Waals surface area contributed by atoms with Gasteiger partial charge in [0.2, 0.25) is 10.0 Å². The minimum atomic E-state index is -3.92. The van der Waals surface area contributed by atoms with E-state index in [1.165, 1.54) is 18.5 Å². The molecule has 0 saturated carbocycles. The molecule has 0 aliphatic heterocycles. The Morgan fingerprint density at radius 1 is 0.970 bits per heavy atom. The van der Waals surface area contributed by atoms with Crippen LogP contribution in [-0.4, -0.2) is 38.0 Å². The maximum absolute atomic E-state index is 11.8. The zero-order chi connectivity index (χ0) is 22.8. The lowest BCUT2D eigenvalue weighted by molar-refractivity contribution is 0.597. The summed E-state index contributed by atoms with van der Waals surface area (Å²) in [6.07, 6.45) is 7.84. The number of aromatic nitrogens is 6. The van der Waals surface area contributed by atoms with E-state index < -0.39 is 10.0 Å². The van der Waals surface area contributed by atoms with E-state index in [9.17, 15) is 8.42 Å². The van der Waals surface area contributed by atoms with Crippen molar-refractivity contribution in [2.24, 2.45) is 5.14 Å². The third kappa shape index (κ3) is 4.27. The molecule has 0 aliphatic carbocycles. The maximum atomic E-state index is 11.8. The van der Waals surface area contributed by atoms with E-state index in [1.54, 1.807) is 23.0 Å². The highest BCUT2D eigenvalue weighted by atomic mass is 32.2. The monoisotopic (exact) mass is 458 g/mol. The molecule has 5 rings (SSSR count). The summed E-state index contributed by atoms with van der Waals surface area (Å²) < 4.78 is 25.3. The van der Waals surface area contributed by atoms with Gasteiger partial charge in [0.05, 0.1) is 6.54 Å². The number of fused-ring (bicyclic) bond motifs is 1. The Kier molecular flexibility index (Phi) is 5.24. The molecule has 4 heterocycles. The van der Waals surface area contributed by atoms with E-state index in [4.69, 9.17) is 10.1 Å². The van der Waals surface area contributed by atoms with Gasteiger partial charge in [-0.05, 0) is 23.8 Å². The van der Waals surface area contributed by atoms with E-state index in [1.807, 2.05) is 42.6 Å². The number of benzene rings is 1. The molecule has 11 heteroatoms. The molecule has 164 valence electrons. The van der Waals surface area contributed by atoms with Crippen LogP contribution in [0.5, 0.6) is 0 Å². The van der Waals surface area contributed by atoms with Crippen LogP contribution in [0.25, 0.3) is 28.0 Å². The van der Waals surface area contributed by atoms with Gasteiger partial charge < -0.3 is 5.32 Å². The SMILES string of the molecule is NS(=O)(=O)c1cncc(-c2nc(NCc3ncccn3)c3c(-c4ccccc4)ccn3n2)c1. The number of hydrogen-bond acceptors (Lipinski definition) is 8. The van der Waals surface area contributed by atoms with Gasteiger partial charge in [0.1, 0.15) is 16.2 Å². The van der Waals surface area contributed by atoms with Crippen LogP contribution in [0.4, 0.5) is 5.82 Å². The van der Waals surface area contributed by atoms with Gasteiger partial charge in [-0.3, -0.25) is 4.98 Å². The highest BCUT2D eigenvalue weighted by molar-refractivity contribution is 7.89. The Hall–Kier alpha value is -4.22. The Labute approximate surface area is 189 Å². The van der Waals surface area contributed by atoms with Crippen molar-refractivity contribution in [1.29, 1.82) is 0 Å². The molecule has 0 spiro atoms. The van der Waals surface area contributed by atoms with Crippen molar-refractivity contribution in [2.75, 3.05) is 5.32 Å². The molecule has 3 N–H and O–H groups in total. The molecule has 0 unspecified atom stereocenters. The molecule has 1 aromatic carbocycles. The lowest BCUT2D eigenvalue weighted by Crippen LogP contribution is -2.13. The predicted octanol–water partition coefficient (Wildman–Crippen LogP) is 2.51. The molecule has 0 radical (unpaired) electrons. The van der Waals surface area contributed by atoms with Crippen LogP contribution in [0.1, 0.15) is 5.82 Å². The van der Waals surface area contributed by atoms with Crippen LogP contribution >= 0.6 is 0 Å². The molecule has 0 aliphatic rings. The van der Waals surface area contributed by atoms with E-state index in [2.05, 4.69) is 25.4 Å². The van der Waals surface area contributed by atoms with Crippen molar-refractivity contribution in [1.82, 2.24) is 29.5 Å². The second-order valence-electron chi connectivity index (χ2n) is 7.15. The fourth-order valence-corrected chi connectivity index (χ4v) is 3.90. The van der Waals surface area contributed by atoms with E-state index in [0.717, 1.165) is 16.6 Å². The molecule has 0 bridgehead atoms. The van der Waals surface area contributed by atoms with Crippen molar-refractivity contribution >= 4 is 21.4 Å². The quantitative estimate of drug-likeness (QED) is 0.395. The second-order valence-corrected chi connectivity index (χ2v) is 8.71. The maximum Gasteiger partial charge on any atom is 0.239 e. The van der Waals surface area contributed by atoms with Gasteiger partial charge >= 0.3 is 0 Å². The minimum absolute atomic E-state index is 0.117. The van der Waals surface area contributed by atoms with E-state index in [-0.39, 0.29) is 10.7 Å². The normalized spacial score (nSPS) is 11.5. The Bertz CT molecular complexity index is 1540. The Balaban J connectivity index is 1.65. The summed E-state index contributed by atoms with van der Waals surface area (Å²) in [5, 5.41) is 13.1. The zero-order valence-corrected chi connectivity index (χ0v) is 18.0. The van der Waals surface area contributed by atoms with Gasteiger partial charge in [0.25, 0.3) is 0 Å². The first-order valence-corrected chi connectivity index (χ1v) is 11.5. The van der Waals surface area contributed by atoms with Crippen molar-refractivity contribution < 1.29 is 8.42 Å². The summed E-state index contributed by atoms with van der Waals surface area (Å²) >= 11 is 0. The number of nitrogens with one attached hydrogen (secondary N) is 1. The summed E-state index contributed by atoms with van der Waals surface area (Å²) in [6, 6.07) is 15.0. The second kappa shape index (κ2) is 8.37. The summed E-state index contributed by atoms with van der Waals surface area (Å²) in [4.78, 5) is 17.1. The van der Waals surface area contributed by atoms with Crippen LogP contribution in [0.15, 0.2) is 84.4 Å². The number of pyridine rings is 1. The number of rotatable bonds is 6. The molecule has 5 aromatic rings. The summed E-state index contributed by atoms with van der Waals surface area (Å²) in [5.41, 5.74) is 3.12. The lowest BCUT2D eigenvalue weighted by Gasteiger charge is -2.11. The fraction of sp³-hybridized carbons (Fsp3) is 0.0455. The number of nitrogens with two attached hydrogens (primary N) is 1. The minimum Gasteiger partial charge on any atom is -0.361 e. The topological polar surface area (TPSA) is 141 Å². The van der Waals surface area contributed by atoms with Crippen LogP contribution in [0.3, 0.4) is 0 Å². The average Bonchev–Trinajstić information content (AvgIpc) is 3.28. The largest absolute Gasteiger partial charge is 0.361 e. The Morgan fingerprint density at radius 2 is 1.76 bits per heavy atom. The van der Waals surface area contributed by atoms with Crippen molar-refractivity contribution in [2.45, 2.75) is 11.4 Å². The molecular weight excluding hydrogens is 440 g/mol. The first kappa shape index (κ1) is 20.7. The number of sulfonamides is 1. The molecule has 0 atom stereocenters. The molecule has 0 fully saturated rings. The molecule has 10 nitrogen and oxygen atoms in total. The van der Waals surface area contributed by atoms with Crippen molar-refractivity contribution in [3.63, 3.8) is 0 Å². The summed E-state index contributed by atoms with van der Waals surface area (Å²) in [7, 11) is -3.92. The van der Waals surface area contributed by atoms with E-state index >= 15 is 0 Å². The molecule has 0 amide bonds. The summed E-state index contributed by atoms with van der Waals surface area (Å²) in [6.45, 7) is 0.335. The van der Waals surface area contributed by atoms with Crippen molar-refractivity contribution in [3.8, 4) is 22.5 Å². The highest BCUT2D eigenvalue weighted by Crippen LogP contribution is 2.31. The first-order chi connectivity index (χ1) is 16.0. The molecule has 0 saturated heterocycles. The molecule has 4 aromatic heterocycles. The zero-order valence-electron chi connectivity index (χ0n) is 17.2. The number of nitrogens with zero attached hydrogens (tertiary/aromatic N) is 6. The third-order valence-electron chi connectivity index (χ3n) is 4.93. The summed E-state index contributed by atoms with van der Waals surface area (Å²) in [5.74, 6) is 1.42. The Morgan fingerprint density at radius 3 is 2.52 bits per heavy atom. The van der Waals surface area contributed by atoms with Crippen LogP contribution in [-0.2, 0) is 16.6 Å². The number of anilines is 1. The van der Waals surface area contributed by atoms with E-state index in [0.29, 0.717) is 23.8 Å². The average molecular weight is 459 g/mol. The van der Waals surface area contributed by atoms with Crippen molar-refractivity contribution in [3.05, 3.63) is 85.3 Å². The van der Waals surface area contributed by atoms with Crippen LogP contribution in [0, 0.1) is 0 Å². The standard InChI is InChI=1S/C22H18N8O2S/c23-33(31,32)17-11-16(12-24-13-17)21-28-22(27-14-19-25-8-4-9-26-19)20-18(7-10-30(20)29-21)15-5-2-1-3-6-15/h1-13H,14H2,(H2,23,31,32)(H,27,28,29). The third-order valence-corrected chi connectivity index (χ3v) is 5.81. The van der Waals surface area contributed by atoms with Gasteiger partial charge in [-0.25, -0.2) is 33.0 Å². The smallest absolute Gasteiger partial charge is 0.239 e. The first-order valence-electron chi connectivity index (χ1n) is 9.92. The predicted molar refractivity (Wildman–Crippen MR) is 122 cm³/mol. The number of primary sulfonamides is 1. The van der Waals surface area contributed by atoms with Gasteiger partial charge in [-0.2, -0.15) is 0 Å². The van der Waals surface area contributed by atoms with Gasteiger partial charge in [-0.15, -0.1) is 5.10 Å². The van der Waals surface area contributed by atoms with Crippen LogP contribution in [0.2, 0.25) is 0 Å². The van der Waals surface area contributed by atoms with Gasteiger partial charge in [0.15, 0.2) is 11.6 Å². The highest BCUT2D eigenvalue weighted by Gasteiger charge is 2.17. The molecule has 33 heavy (non-hydrogen) atoms. The lowest BCUT2D eigenvalue weighted by atomic mass is 10.1.